The number of carbonyl (C=O) groups is 2. The van der Waals surface area contributed by atoms with Gasteiger partial charge in [0.15, 0.2) is 6.61 Å². The van der Waals surface area contributed by atoms with E-state index in [0.717, 1.165) is 15.6 Å². The SMILES string of the molecule is C=C(CC(=O)Nc1cccc(Cl)c1C)NNC(=O)COc1ccc(Br)c(C)c1. The number of hydrogen-bond acceptors (Lipinski definition) is 4. The molecule has 0 heterocycles. The largest absolute Gasteiger partial charge is 0.484 e. The summed E-state index contributed by atoms with van der Waals surface area (Å²) in [5.41, 5.74) is 7.82. The van der Waals surface area contributed by atoms with Crippen LogP contribution in [0.15, 0.2) is 53.1 Å². The third-order valence-corrected chi connectivity index (χ3v) is 5.09. The Kier molecular flexibility index (Phi) is 7.90. The van der Waals surface area contributed by atoms with E-state index < -0.39 is 5.91 Å². The van der Waals surface area contributed by atoms with E-state index in [4.69, 9.17) is 16.3 Å². The Labute approximate surface area is 177 Å². The standard InChI is InChI=1S/C20H21BrClN3O3/c1-12-9-15(7-8-16(12)21)28-11-20(27)25-24-13(2)10-19(26)23-18-6-4-5-17(22)14(18)3/h4-9,24H,2,10-11H2,1,3H3,(H,23,26)(H,25,27). The zero-order chi connectivity index (χ0) is 20.7. The van der Waals surface area contributed by atoms with Crippen molar-refractivity contribution in [2.45, 2.75) is 20.3 Å². The first kappa shape index (κ1) is 21.8. The maximum absolute atomic E-state index is 12.1. The minimum absolute atomic E-state index is 0.0149. The zero-order valence-corrected chi connectivity index (χ0v) is 17.9. The molecule has 148 valence electrons. The molecule has 0 fully saturated rings. The Morgan fingerprint density at radius 2 is 1.89 bits per heavy atom. The van der Waals surface area contributed by atoms with E-state index in [1.54, 1.807) is 24.3 Å². The summed E-state index contributed by atoms with van der Waals surface area (Å²) < 4.78 is 6.39. The Hall–Kier alpha value is -2.51. The predicted octanol–water partition coefficient (Wildman–Crippen LogP) is 4.26. The number of benzene rings is 2. The Balaban J connectivity index is 1.73. The van der Waals surface area contributed by atoms with E-state index in [-0.39, 0.29) is 18.9 Å². The summed E-state index contributed by atoms with van der Waals surface area (Å²) in [4.78, 5) is 24.0. The number of rotatable bonds is 8. The summed E-state index contributed by atoms with van der Waals surface area (Å²) in [6.45, 7) is 7.30. The lowest BCUT2D eigenvalue weighted by molar-refractivity contribution is -0.124. The quantitative estimate of drug-likeness (QED) is 0.508. The van der Waals surface area contributed by atoms with Crippen LogP contribution in [-0.4, -0.2) is 18.4 Å². The van der Waals surface area contributed by atoms with E-state index in [1.807, 2.05) is 26.0 Å². The van der Waals surface area contributed by atoms with Crippen LogP contribution in [-0.2, 0) is 9.59 Å². The molecule has 0 aliphatic carbocycles. The van der Waals surface area contributed by atoms with Crippen molar-refractivity contribution in [2.75, 3.05) is 11.9 Å². The fourth-order valence-corrected chi connectivity index (χ4v) is 2.65. The van der Waals surface area contributed by atoms with Crippen LogP contribution in [0.25, 0.3) is 0 Å². The van der Waals surface area contributed by atoms with Crippen LogP contribution < -0.4 is 20.9 Å². The van der Waals surface area contributed by atoms with Crippen molar-refractivity contribution in [3.63, 3.8) is 0 Å². The van der Waals surface area contributed by atoms with E-state index >= 15 is 0 Å². The molecule has 6 nitrogen and oxygen atoms in total. The number of ether oxygens (including phenoxy) is 1. The second-order valence-electron chi connectivity index (χ2n) is 6.11. The first-order chi connectivity index (χ1) is 13.3. The molecular weight excluding hydrogens is 446 g/mol. The van der Waals surface area contributed by atoms with Gasteiger partial charge in [0.05, 0.1) is 6.42 Å². The number of nitrogens with one attached hydrogen (secondary N) is 3. The van der Waals surface area contributed by atoms with Crippen molar-refractivity contribution in [3.05, 3.63) is 69.3 Å². The molecule has 2 aromatic carbocycles. The summed E-state index contributed by atoms with van der Waals surface area (Å²) >= 11 is 9.44. The predicted molar refractivity (Wildman–Crippen MR) is 114 cm³/mol. The number of hydrazine groups is 1. The number of anilines is 1. The van der Waals surface area contributed by atoms with Crippen molar-refractivity contribution in [1.82, 2.24) is 10.9 Å². The summed E-state index contributed by atoms with van der Waals surface area (Å²) in [6.07, 6.45) is -0.0149. The summed E-state index contributed by atoms with van der Waals surface area (Å²) in [7, 11) is 0. The molecule has 0 radical (unpaired) electrons. The van der Waals surface area contributed by atoms with Gasteiger partial charge in [-0.15, -0.1) is 0 Å². The number of halogens is 2. The fraction of sp³-hybridized carbons (Fsp3) is 0.200. The zero-order valence-electron chi connectivity index (χ0n) is 15.6. The average Bonchev–Trinajstić information content (AvgIpc) is 2.64. The van der Waals surface area contributed by atoms with Crippen LogP contribution in [0, 0.1) is 13.8 Å². The van der Waals surface area contributed by atoms with Crippen LogP contribution in [0.4, 0.5) is 5.69 Å². The highest BCUT2D eigenvalue weighted by Gasteiger charge is 2.09. The van der Waals surface area contributed by atoms with Crippen molar-refractivity contribution in [3.8, 4) is 5.75 Å². The van der Waals surface area contributed by atoms with Crippen LogP contribution in [0.1, 0.15) is 17.5 Å². The highest BCUT2D eigenvalue weighted by Crippen LogP contribution is 2.23. The van der Waals surface area contributed by atoms with Gasteiger partial charge in [0.2, 0.25) is 5.91 Å². The summed E-state index contributed by atoms with van der Waals surface area (Å²) in [6, 6.07) is 10.7. The minimum Gasteiger partial charge on any atom is -0.484 e. The monoisotopic (exact) mass is 465 g/mol. The van der Waals surface area contributed by atoms with Crippen LogP contribution in [0.5, 0.6) is 5.75 Å². The lowest BCUT2D eigenvalue weighted by atomic mass is 10.2. The van der Waals surface area contributed by atoms with Crippen molar-refractivity contribution in [2.24, 2.45) is 0 Å². The van der Waals surface area contributed by atoms with Gasteiger partial charge < -0.3 is 15.5 Å². The molecule has 0 unspecified atom stereocenters. The highest BCUT2D eigenvalue weighted by molar-refractivity contribution is 9.10. The highest BCUT2D eigenvalue weighted by atomic mass is 79.9. The number of amides is 2. The molecule has 0 spiro atoms. The summed E-state index contributed by atoms with van der Waals surface area (Å²) in [5, 5.41) is 3.33. The van der Waals surface area contributed by atoms with Crippen LogP contribution in [0.2, 0.25) is 5.02 Å². The Morgan fingerprint density at radius 1 is 1.14 bits per heavy atom. The second-order valence-corrected chi connectivity index (χ2v) is 7.38. The number of aryl methyl sites for hydroxylation is 1. The topological polar surface area (TPSA) is 79.5 Å². The smallest absolute Gasteiger partial charge is 0.276 e. The fourth-order valence-electron chi connectivity index (χ4n) is 2.23. The van der Waals surface area contributed by atoms with Gasteiger partial charge in [0, 0.05) is 20.9 Å². The number of carbonyl (C=O) groups excluding carboxylic acids is 2. The molecule has 0 aliphatic rings. The molecule has 2 rings (SSSR count). The molecule has 0 saturated carbocycles. The van der Waals surface area contributed by atoms with Gasteiger partial charge in [-0.2, -0.15) is 0 Å². The van der Waals surface area contributed by atoms with Crippen LogP contribution >= 0.6 is 27.5 Å². The van der Waals surface area contributed by atoms with E-state index in [0.29, 0.717) is 22.2 Å². The van der Waals surface area contributed by atoms with Gasteiger partial charge in [0.1, 0.15) is 5.75 Å². The normalized spacial score (nSPS) is 10.1. The molecule has 3 N–H and O–H groups in total. The molecule has 0 aliphatic heterocycles. The molecule has 0 bridgehead atoms. The molecule has 0 saturated heterocycles. The Morgan fingerprint density at radius 3 is 2.61 bits per heavy atom. The van der Waals surface area contributed by atoms with Crippen molar-refractivity contribution in [1.29, 1.82) is 0 Å². The maximum atomic E-state index is 12.1. The molecule has 2 aromatic rings. The van der Waals surface area contributed by atoms with Gasteiger partial charge >= 0.3 is 0 Å². The van der Waals surface area contributed by atoms with Gasteiger partial charge in [0.25, 0.3) is 5.91 Å². The van der Waals surface area contributed by atoms with Crippen molar-refractivity contribution < 1.29 is 14.3 Å². The van der Waals surface area contributed by atoms with Gasteiger partial charge in [-0.3, -0.25) is 15.0 Å². The molecule has 28 heavy (non-hydrogen) atoms. The average molecular weight is 467 g/mol. The van der Waals surface area contributed by atoms with Gasteiger partial charge in [-0.05, 0) is 55.3 Å². The number of hydrogen-bond donors (Lipinski definition) is 3. The summed E-state index contributed by atoms with van der Waals surface area (Å²) in [5.74, 6) is -0.0857. The van der Waals surface area contributed by atoms with E-state index in [2.05, 4.69) is 38.7 Å². The molecule has 0 atom stereocenters. The molecule has 2 amide bonds. The molecule has 0 aromatic heterocycles. The maximum Gasteiger partial charge on any atom is 0.276 e. The second kappa shape index (κ2) is 10.1. The Bertz CT molecular complexity index is 902. The van der Waals surface area contributed by atoms with Gasteiger partial charge in [-0.1, -0.05) is 40.2 Å². The minimum atomic E-state index is -0.396. The molecule has 8 heteroatoms. The lowest BCUT2D eigenvalue weighted by Gasteiger charge is -2.13. The van der Waals surface area contributed by atoms with Crippen molar-refractivity contribution >= 4 is 45.0 Å². The van der Waals surface area contributed by atoms with Crippen LogP contribution in [0.3, 0.4) is 0 Å². The first-order valence-electron chi connectivity index (χ1n) is 8.43. The third kappa shape index (κ3) is 6.58. The van der Waals surface area contributed by atoms with Gasteiger partial charge in [-0.25, -0.2) is 0 Å². The van der Waals surface area contributed by atoms with E-state index in [1.165, 1.54) is 0 Å². The molecular formula is C20H21BrClN3O3. The third-order valence-electron chi connectivity index (χ3n) is 3.79. The first-order valence-corrected chi connectivity index (χ1v) is 9.60. The van der Waals surface area contributed by atoms with E-state index in [9.17, 15) is 9.59 Å². The lowest BCUT2D eigenvalue weighted by Crippen LogP contribution is -2.40.